The van der Waals surface area contributed by atoms with Crippen molar-refractivity contribution in [3.63, 3.8) is 0 Å². The number of carbonyl (C=O) groups is 1. The summed E-state index contributed by atoms with van der Waals surface area (Å²) >= 11 is 0. The molecule has 92 valence electrons. The van der Waals surface area contributed by atoms with Crippen LogP contribution in [0.1, 0.15) is 24.9 Å². The molecule has 1 aromatic carbocycles. The molecule has 1 rings (SSSR count). The first-order valence-electron chi connectivity index (χ1n) is 5.24. The fourth-order valence-corrected chi connectivity index (χ4v) is 1.56. The Labute approximate surface area is 98.4 Å². The van der Waals surface area contributed by atoms with E-state index in [1.807, 2.05) is 6.92 Å². The van der Waals surface area contributed by atoms with Gasteiger partial charge in [-0.2, -0.15) is 0 Å². The fourth-order valence-electron chi connectivity index (χ4n) is 1.56. The van der Waals surface area contributed by atoms with Crippen LogP contribution in [-0.4, -0.2) is 22.5 Å². The molecule has 17 heavy (non-hydrogen) atoms. The Balaban J connectivity index is 2.84. The van der Waals surface area contributed by atoms with E-state index in [1.54, 1.807) is 12.1 Å². The topological polar surface area (TPSA) is 92.5 Å². The molecule has 0 aliphatic carbocycles. The summed E-state index contributed by atoms with van der Waals surface area (Å²) in [6.07, 6.45) is 0.661. The molecule has 1 aromatic rings. The van der Waals surface area contributed by atoms with Gasteiger partial charge in [-0.25, -0.2) is 0 Å². The second-order valence-electron chi connectivity index (χ2n) is 3.59. The number of aliphatic carboxylic acids is 1. The van der Waals surface area contributed by atoms with Gasteiger partial charge >= 0.3 is 5.97 Å². The van der Waals surface area contributed by atoms with E-state index in [0.29, 0.717) is 6.42 Å². The molecular weight excluding hydrogens is 224 g/mol. The third-order valence-corrected chi connectivity index (χ3v) is 2.39. The Hall–Kier alpha value is -1.95. The van der Waals surface area contributed by atoms with Crippen molar-refractivity contribution < 1.29 is 14.8 Å². The van der Waals surface area contributed by atoms with Crippen molar-refractivity contribution in [2.75, 3.05) is 6.54 Å². The van der Waals surface area contributed by atoms with E-state index in [9.17, 15) is 14.9 Å². The summed E-state index contributed by atoms with van der Waals surface area (Å²) in [7, 11) is 0. The third-order valence-electron chi connectivity index (χ3n) is 2.39. The highest BCUT2D eigenvalue weighted by atomic mass is 16.6. The van der Waals surface area contributed by atoms with E-state index in [4.69, 9.17) is 5.11 Å². The van der Waals surface area contributed by atoms with Crippen LogP contribution in [0, 0.1) is 10.1 Å². The van der Waals surface area contributed by atoms with Crippen molar-refractivity contribution >= 4 is 11.7 Å². The van der Waals surface area contributed by atoms with Gasteiger partial charge in [0, 0.05) is 18.2 Å². The largest absolute Gasteiger partial charge is 0.480 e. The number of hydrogen-bond acceptors (Lipinski definition) is 4. The van der Waals surface area contributed by atoms with Gasteiger partial charge in [-0.05, 0) is 12.0 Å². The van der Waals surface area contributed by atoms with Crippen LogP contribution in [0.5, 0.6) is 0 Å². The Morgan fingerprint density at radius 1 is 1.59 bits per heavy atom. The van der Waals surface area contributed by atoms with Crippen LogP contribution in [0.3, 0.4) is 0 Å². The molecule has 0 aliphatic rings. The number of nitrogens with one attached hydrogen (secondary N) is 1. The van der Waals surface area contributed by atoms with Crippen molar-refractivity contribution in [3.8, 4) is 0 Å². The minimum Gasteiger partial charge on any atom is -0.480 e. The van der Waals surface area contributed by atoms with Crippen LogP contribution in [0.4, 0.5) is 5.69 Å². The van der Waals surface area contributed by atoms with Crippen LogP contribution in [0.15, 0.2) is 24.3 Å². The SMILES string of the molecule is CCC(NCC(=O)O)c1cccc([N+](=O)[O-])c1. The van der Waals surface area contributed by atoms with Crippen molar-refractivity contribution in [2.24, 2.45) is 0 Å². The second kappa shape index (κ2) is 5.95. The minimum atomic E-state index is -0.950. The number of carboxylic acids is 1. The molecule has 1 unspecified atom stereocenters. The van der Waals surface area contributed by atoms with Gasteiger partial charge in [-0.3, -0.25) is 14.9 Å². The maximum absolute atomic E-state index is 10.6. The molecule has 0 aliphatic heterocycles. The summed E-state index contributed by atoms with van der Waals surface area (Å²) < 4.78 is 0. The minimum absolute atomic E-state index is 0.0121. The number of hydrogen-bond donors (Lipinski definition) is 2. The molecule has 0 spiro atoms. The molecule has 6 heteroatoms. The quantitative estimate of drug-likeness (QED) is 0.581. The predicted octanol–water partition coefficient (Wildman–Crippen LogP) is 1.72. The van der Waals surface area contributed by atoms with Crippen LogP contribution in [0.2, 0.25) is 0 Å². The molecule has 0 fully saturated rings. The average molecular weight is 238 g/mol. The van der Waals surface area contributed by atoms with Crippen molar-refractivity contribution in [1.82, 2.24) is 5.32 Å². The van der Waals surface area contributed by atoms with Crippen molar-refractivity contribution in [2.45, 2.75) is 19.4 Å². The predicted molar refractivity (Wildman–Crippen MR) is 61.8 cm³/mol. The van der Waals surface area contributed by atoms with Crippen LogP contribution in [-0.2, 0) is 4.79 Å². The molecule has 0 radical (unpaired) electrons. The molecular formula is C11H14N2O4. The highest BCUT2D eigenvalue weighted by molar-refractivity contribution is 5.69. The number of nitrogens with zero attached hydrogens (tertiary/aromatic N) is 1. The van der Waals surface area contributed by atoms with Gasteiger partial charge in [0.1, 0.15) is 0 Å². The summed E-state index contributed by atoms with van der Waals surface area (Å²) in [5.41, 5.74) is 0.737. The zero-order chi connectivity index (χ0) is 12.8. The zero-order valence-corrected chi connectivity index (χ0v) is 9.42. The Bertz CT molecular complexity index is 420. The molecule has 6 nitrogen and oxygen atoms in total. The average Bonchev–Trinajstić information content (AvgIpc) is 2.30. The lowest BCUT2D eigenvalue weighted by Crippen LogP contribution is -2.27. The lowest BCUT2D eigenvalue weighted by molar-refractivity contribution is -0.384. The summed E-state index contributed by atoms with van der Waals surface area (Å²) in [4.78, 5) is 20.6. The molecule has 1 atom stereocenters. The molecule has 0 amide bonds. The fraction of sp³-hybridized carbons (Fsp3) is 0.364. The lowest BCUT2D eigenvalue weighted by atomic mass is 10.0. The van der Waals surface area contributed by atoms with Gasteiger partial charge < -0.3 is 10.4 Å². The standard InChI is InChI=1S/C11H14N2O4/c1-2-10(12-7-11(14)15)8-4-3-5-9(6-8)13(16)17/h3-6,10,12H,2,7H2,1H3,(H,14,15). The monoisotopic (exact) mass is 238 g/mol. The maximum atomic E-state index is 10.6. The van der Waals surface area contributed by atoms with Gasteiger partial charge in [0.25, 0.3) is 5.69 Å². The first-order valence-corrected chi connectivity index (χ1v) is 5.24. The maximum Gasteiger partial charge on any atom is 0.317 e. The number of nitro benzene ring substituents is 1. The van der Waals surface area contributed by atoms with Crippen molar-refractivity contribution in [3.05, 3.63) is 39.9 Å². The smallest absolute Gasteiger partial charge is 0.317 e. The number of rotatable bonds is 6. The van der Waals surface area contributed by atoms with E-state index in [0.717, 1.165) is 5.56 Å². The summed E-state index contributed by atoms with van der Waals surface area (Å²) in [5, 5.41) is 22.0. The summed E-state index contributed by atoms with van der Waals surface area (Å²) in [5.74, 6) is -0.950. The zero-order valence-electron chi connectivity index (χ0n) is 9.42. The molecule has 2 N–H and O–H groups in total. The Kier molecular flexibility index (Phi) is 4.59. The molecule has 0 aromatic heterocycles. The van der Waals surface area contributed by atoms with Gasteiger partial charge in [-0.1, -0.05) is 19.1 Å². The van der Waals surface area contributed by atoms with E-state index >= 15 is 0 Å². The normalized spacial score (nSPS) is 12.1. The van der Waals surface area contributed by atoms with E-state index < -0.39 is 10.9 Å². The van der Waals surface area contributed by atoms with Gasteiger partial charge in [-0.15, -0.1) is 0 Å². The summed E-state index contributed by atoms with van der Waals surface area (Å²) in [6.45, 7) is 1.72. The molecule has 0 bridgehead atoms. The van der Waals surface area contributed by atoms with Crippen molar-refractivity contribution in [1.29, 1.82) is 0 Å². The van der Waals surface area contributed by atoms with Crippen LogP contribution < -0.4 is 5.32 Å². The molecule has 0 saturated heterocycles. The van der Waals surface area contributed by atoms with Crippen LogP contribution in [0.25, 0.3) is 0 Å². The number of carboxylic acid groups (broad SMARTS) is 1. The Morgan fingerprint density at radius 3 is 2.82 bits per heavy atom. The van der Waals surface area contributed by atoms with E-state index in [2.05, 4.69) is 5.32 Å². The first-order chi connectivity index (χ1) is 8.04. The highest BCUT2D eigenvalue weighted by Crippen LogP contribution is 2.21. The van der Waals surface area contributed by atoms with Gasteiger partial charge in [0.05, 0.1) is 11.5 Å². The van der Waals surface area contributed by atoms with Gasteiger partial charge in [0.15, 0.2) is 0 Å². The van der Waals surface area contributed by atoms with Gasteiger partial charge in [0.2, 0.25) is 0 Å². The molecule has 0 saturated carbocycles. The Morgan fingerprint density at radius 2 is 2.29 bits per heavy atom. The lowest BCUT2D eigenvalue weighted by Gasteiger charge is -2.15. The van der Waals surface area contributed by atoms with Crippen LogP contribution >= 0.6 is 0 Å². The highest BCUT2D eigenvalue weighted by Gasteiger charge is 2.13. The number of non-ortho nitro benzene ring substituents is 1. The second-order valence-corrected chi connectivity index (χ2v) is 3.59. The number of nitro groups is 1. The molecule has 0 heterocycles. The summed E-state index contributed by atoms with van der Waals surface area (Å²) in [6, 6.07) is 6.02. The number of benzene rings is 1. The third kappa shape index (κ3) is 3.84. The first kappa shape index (κ1) is 13.1. The van der Waals surface area contributed by atoms with E-state index in [1.165, 1.54) is 12.1 Å². The van der Waals surface area contributed by atoms with E-state index in [-0.39, 0.29) is 18.3 Å².